The molecule has 0 unspecified atom stereocenters. The summed E-state index contributed by atoms with van der Waals surface area (Å²) in [5.74, 6) is 0.214. The molecular formula is C20H26ClN5O3. The molecule has 29 heavy (non-hydrogen) atoms. The standard InChI is InChI=1S/C20H26ClN5O3/c1-3-24(4-2)19(28)15-10-9-14(12-16(15)21)22-18(27)13-26-20(29)25-11-7-5-6-8-17(25)23-26/h9-10,12H,3-8,11,13H2,1-2H3,(H,22,27). The van der Waals surface area contributed by atoms with Crippen molar-refractivity contribution in [2.24, 2.45) is 0 Å². The Balaban J connectivity index is 1.69. The predicted octanol–water partition coefficient (Wildman–Crippen LogP) is 2.55. The maximum atomic E-state index is 12.5. The molecule has 0 spiro atoms. The van der Waals surface area contributed by atoms with E-state index in [1.54, 1.807) is 27.7 Å². The van der Waals surface area contributed by atoms with E-state index >= 15 is 0 Å². The molecule has 0 radical (unpaired) electrons. The Bertz CT molecular complexity index is 962. The zero-order valence-corrected chi connectivity index (χ0v) is 17.5. The fraction of sp³-hybridized carbons (Fsp3) is 0.500. The fourth-order valence-electron chi connectivity index (χ4n) is 3.51. The summed E-state index contributed by atoms with van der Waals surface area (Å²) in [6.07, 6.45) is 3.78. The summed E-state index contributed by atoms with van der Waals surface area (Å²) in [6, 6.07) is 4.77. The lowest BCUT2D eigenvalue weighted by Gasteiger charge is -2.19. The summed E-state index contributed by atoms with van der Waals surface area (Å²) < 4.78 is 2.86. The lowest BCUT2D eigenvalue weighted by molar-refractivity contribution is -0.117. The van der Waals surface area contributed by atoms with Gasteiger partial charge in [0, 0.05) is 31.7 Å². The Labute approximate surface area is 174 Å². The van der Waals surface area contributed by atoms with Crippen LogP contribution in [0, 0.1) is 0 Å². The topological polar surface area (TPSA) is 89.2 Å². The van der Waals surface area contributed by atoms with Crippen LogP contribution in [0.2, 0.25) is 5.02 Å². The van der Waals surface area contributed by atoms with Gasteiger partial charge in [0.25, 0.3) is 5.91 Å². The summed E-state index contributed by atoms with van der Waals surface area (Å²) >= 11 is 6.27. The first-order chi connectivity index (χ1) is 13.9. The van der Waals surface area contributed by atoms with Crippen LogP contribution in [-0.2, 0) is 24.3 Å². The van der Waals surface area contributed by atoms with Gasteiger partial charge >= 0.3 is 5.69 Å². The number of aromatic nitrogens is 3. The van der Waals surface area contributed by atoms with Gasteiger partial charge in [-0.15, -0.1) is 0 Å². The first-order valence-corrected chi connectivity index (χ1v) is 10.4. The number of benzene rings is 1. The molecule has 9 heteroatoms. The van der Waals surface area contributed by atoms with Crippen LogP contribution in [0.4, 0.5) is 5.69 Å². The second-order valence-corrected chi connectivity index (χ2v) is 7.45. The highest BCUT2D eigenvalue weighted by atomic mass is 35.5. The number of aryl methyl sites for hydroxylation is 1. The second kappa shape index (κ2) is 9.26. The molecule has 156 valence electrons. The third kappa shape index (κ3) is 4.70. The van der Waals surface area contributed by atoms with Crippen LogP contribution in [0.15, 0.2) is 23.0 Å². The average molecular weight is 420 g/mol. The van der Waals surface area contributed by atoms with E-state index in [0.29, 0.717) is 30.9 Å². The van der Waals surface area contributed by atoms with Gasteiger partial charge in [0.1, 0.15) is 12.4 Å². The largest absolute Gasteiger partial charge is 0.346 e. The van der Waals surface area contributed by atoms with Gasteiger partial charge in [-0.05, 0) is 44.9 Å². The van der Waals surface area contributed by atoms with Crippen molar-refractivity contribution in [3.05, 3.63) is 45.1 Å². The molecule has 1 aliphatic rings. The van der Waals surface area contributed by atoms with Crippen LogP contribution in [0.25, 0.3) is 0 Å². The number of hydrogen-bond acceptors (Lipinski definition) is 4. The van der Waals surface area contributed by atoms with Crippen molar-refractivity contribution < 1.29 is 9.59 Å². The maximum Gasteiger partial charge on any atom is 0.346 e. The monoisotopic (exact) mass is 419 g/mol. The van der Waals surface area contributed by atoms with Gasteiger partial charge < -0.3 is 10.2 Å². The van der Waals surface area contributed by atoms with Crippen LogP contribution in [-0.4, -0.2) is 44.2 Å². The summed E-state index contributed by atoms with van der Waals surface area (Å²) in [5.41, 5.74) is 0.600. The number of carbonyl (C=O) groups excluding carboxylic acids is 2. The molecule has 1 aromatic heterocycles. The molecular weight excluding hydrogens is 394 g/mol. The predicted molar refractivity (Wildman–Crippen MR) is 111 cm³/mol. The number of anilines is 1. The molecule has 1 aliphatic heterocycles. The minimum absolute atomic E-state index is 0.149. The Morgan fingerprint density at radius 2 is 1.97 bits per heavy atom. The van der Waals surface area contributed by atoms with Crippen LogP contribution in [0.3, 0.4) is 0 Å². The van der Waals surface area contributed by atoms with E-state index < -0.39 is 0 Å². The van der Waals surface area contributed by atoms with Gasteiger partial charge in [-0.2, -0.15) is 5.10 Å². The molecule has 2 amide bonds. The van der Waals surface area contributed by atoms with Crippen molar-refractivity contribution in [2.75, 3.05) is 18.4 Å². The first kappa shape index (κ1) is 21.1. The third-order valence-electron chi connectivity index (χ3n) is 5.11. The lowest BCUT2D eigenvalue weighted by atomic mass is 10.1. The van der Waals surface area contributed by atoms with Crippen LogP contribution in [0.1, 0.15) is 49.3 Å². The third-order valence-corrected chi connectivity index (χ3v) is 5.42. The van der Waals surface area contributed by atoms with E-state index in [9.17, 15) is 14.4 Å². The highest BCUT2D eigenvalue weighted by Gasteiger charge is 2.19. The molecule has 2 heterocycles. The van der Waals surface area contributed by atoms with Crippen molar-refractivity contribution in [3.63, 3.8) is 0 Å². The van der Waals surface area contributed by atoms with Gasteiger partial charge in [-0.1, -0.05) is 18.0 Å². The van der Waals surface area contributed by atoms with Gasteiger partial charge in [-0.3, -0.25) is 14.2 Å². The molecule has 0 bridgehead atoms. The van der Waals surface area contributed by atoms with E-state index in [0.717, 1.165) is 31.5 Å². The quantitative estimate of drug-likeness (QED) is 0.779. The number of fused-ring (bicyclic) bond motifs is 1. The van der Waals surface area contributed by atoms with Gasteiger partial charge in [0.2, 0.25) is 5.91 Å². The molecule has 8 nitrogen and oxygen atoms in total. The molecule has 0 aliphatic carbocycles. The SMILES string of the molecule is CCN(CC)C(=O)c1ccc(NC(=O)Cn2nc3n(c2=O)CCCCC3)cc1Cl. The molecule has 3 rings (SSSR count). The van der Waals surface area contributed by atoms with Gasteiger partial charge in [0.05, 0.1) is 10.6 Å². The highest BCUT2D eigenvalue weighted by Crippen LogP contribution is 2.22. The molecule has 1 aromatic carbocycles. The van der Waals surface area contributed by atoms with E-state index in [1.807, 2.05) is 13.8 Å². The number of nitrogens with one attached hydrogen (secondary N) is 1. The minimum atomic E-state index is -0.376. The Hall–Kier alpha value is -2.61. The van der Waals surface area contributed by atoms with Crippen LogP contribution in [0.5, 0.6) is 0 Å². The van der Waals surface area contributed by atoms with Crippen LogP contribution >= 0.6 is 11.6 Å². The number of carbonyl (C=O) groups is 2. The van der Waals surface area contributed by atoms with Gasteiger partial charge in [0.15, 0.2) is 0 Å². The molecule has 0 fully saturated rings. The summed E-state index contributed by atoms with van der Waals surface area (Å²) in [7, 11) is 0. The molecule has 0 atom stereocenters. The molecule has 0 saturated carbocycles. The lowest BCUT2D eigenvalue weighted by Crippen LogP contribution is -2.31. The number of amides is 2. The first-order valence-electron chi connectivity index (χ1n) is 9.99. The van der Waals surface area contributed by atoms with Crippen molar-refractivity contribution in [1.29, 1.82) is 0 Å². The Kier molecular flexibility index (Phi) is 6.74. The summed E-state index contributed by atoms with van der Waals surface area (Å²) in [4.78, 5) is 39.0. The Morgan fingerprint density at radius 3 is 2.66 bits per heavy atom. The van der Waals surface area contributed by atoms with E-state index in [4.69, 9.17) is 11.6 Å². The summed E-state index contributed by atoms with van der Waals surface area (Å²) in [6.45, 7) is 5.47. The molecule has 1 N–H and O–H groups in total. The van der Waals surface area contributed by atoms with Crippen molar-refractivity contribution in [3.8, 4) is 0 Å². The van der Waals surface area contributed by atoms with Gasteiger partial charge in [-0.25, -0.2) is 9.48 Å². The smallest absolute Gasteiger partial charge is 0.339 e. The number of hydrogen-bond donors (Lipinski definition) is 1. The maximum absolute atomic E-state index is 12.5. The fourth-order valence-corrected chi connectivity index (χ4v) is 3.77. The zero-order valence-electron chi connectivity index (χ0n) is 16.8. The number of nitrogens with zero attached hydrogens (tertiary/aromatic N) is 4. The van der Waals surface area contributed by atoms with Crippen molar-refractivity contribution >= 4 is 29.1 Å². The van der Waals surface area contributed by atoms with E-state index in [-0.39, 0.29) is 29.1 Å². The van der Waals surface area contributed by atoms with Crippen molar-refractivity contribution in [2.45, 2.75) is 52.6 Å². The second-order valence-electron chi connectivity index (χ2n) is 7.04. The average Bonchev–Trinajstić information content (AvgIpc) is 2.85. The van der Waals surface area contributed by atoms with Crippen LogP contribution < -0.4 is 11.0 Å². The molecule has 0 saturated heterocycles. The Morgan fingerprint density at radius 1 is 1.21 bits per heavy atom. The number of rotatable bonds is 6. The number of halogens is 1. The molecule has 2 aromatic rings. The zero-order chi connectivity index (χ0) is 21.0. The minimum Gasteiger partial charge on any atom is -0.339 e. The van der Waals surface area contributed by atoms with Crippen molar-refractivity contribution in [1.82, 2.24) is 19.2 Å². The summed E-state index contributed by atoms with van der Waals surface area (Å²) in [5, 5.41) is 7.30. The van der Waals surface area contributed by atoms with E-state index in [2.05, 4.69) is 10.4 Å². The van der Waals surface area contributed by atoms with E-state index in [1.165, 1.54) is 4.68 Å². The normalized spacial score (nSPS) is 13.5. The highest BCUT2D eigenvalue weighted by molar-refractivity contribution is 6.34.